The number of carbonyl (C=O) groups excluding carboxylic acids is 2. The normalized spacial score (nSPS) is 13.9. The number of hydrogen-bond donors (Lipinski definition) is 1. The molecule has 0 unspecified atom stereocenters. The Morgan fingerprint density at radius 3 is 2.68 bits per heavy atom. The van der Waals surface area contributed by atoms with Crippen LogP contribution in [0.2, 0.25) is 0 Å². The Balaban J connectivity index is 1.93. The van der Waals surface area contributed by atoms with Crippen molar-refractivity contribution < 1.29 is 14.3 Å². The number of fused-ring (bicyclic) bond motifs is 1. The van der Waals surface area contributed by atoms with Gasteiger partial charge in [-0.25, -0.2) is 0 Å². The third kappa shape index (κ3) is 5.98. The van der Waals surface area contributed by atoms with Crippen molar-refractivity contribution in [2.45, 2.75) is 78.1 Å². The number of amides is 2. The molecule has 0 radical (unpaired) electrons. The number of benzene rings is 1. The lowest BCUT2D eigenvalue weighted by Crippen LogP contribution is -2.40. The summed E-state index contributed by atoms with van der Waals surface area (Å²) in [7, 11) is 0. The molecule has 0 aromatic heterocycles. The van der Waals surface area contributed by atoms with Crippen molar-refractivity contribution in [3.05, 3.63) is 23.8 Å². The Morgan fingerprint density at radius 1 is 1.18 bits per heavy atom. The van der Waals surface area contributed by atoms with E-state index in [1.807, 2.05) is 6.07 Å². The highest BCUT2D eigenvalue weighted by Gasteiger charge is 2.28. The molecule has 0 saturated heterocycles. The fourth-order valence-corrected chi connectivity index (χ4v) is 3.34. The van der Waals surface area contributed by atoms with Crippen LogP contribution in [-0.4, -0.2) is 31.5 Å². The van der Waals surface area contributed by atoms with Gasteiger partial charge in [0.2, 0.25) is 5.91 Å². The van der Waals surface area contributed by atoms with E-state index in [1.54, 1.807) is 4.90 Å². The summed E-state index contributed by atoms with van der Waals surface area (Å²) in [4.78, 5) is 26.2. The smallest absolute Gasteiger partial charge is 0.265 e. The van der Waals surface area contributed by atoms with Crippen molar-refractivity contribution in [3.8, 4) is 5.75 Å². The van der Waals surface area contributed by atoms with Gasteiger partial charge in [0.15, 0.2) is 6.61 Å². The summed E-state index contributed by atoms with van der Waals surface area (Å²) in [5, 5.41) is 2.98. The van der Waals surface area contributed by atoms with Crippen LogP contribution in [0.5, 0.6) is 5.75 Å². The zero-order valence-corrected chi connectivity index (χ0v) is 18.0. The van der Waals surface area contributed by atoms with Gasteiger partial charge in [0.05, 0.1) is 5.69 Å². The van der Waals surface area contributed by atoms with E-state index in [4.69, 9.17) is 4.74 Å². The van der Waals surface area contributed by atoms with E-state index in [-0.39, 0.29) is 23.8 Å². The Hall–Kier alpha value is -2.04. The van der Waals surface area contributed by atoms with Crippen LogP contribution in [0.3, 0.4) is 0 Å². The predicted octanol–water partition coefficient (Wildman–Crippen LogP) is 4.58. The average Bonchev–Trinajstić information content (AvgIpc) is 2.69. The first-order chi connectivity index (χ1) is 13.4. The number of rotatable bonds is 11. The molecule has 0 saturated carbocycles. The second-order valence-corrected chi connectivity index (χ2v) is 8.27. The zero-order chi connectivity index (χ0) is 20.6. The molecular formula is C23H36N2O3. The van der Waals surface area contributed by atoms with Crippen LogP contribution in [0.1, 0.15) is 78.2 Å². The fraction of sp³-hybridized carbons (Fsp3) is 0.652. The van der Waals surface area contributed by atoms with E-state index in [9.17, 15) is 9.59 Å². The first-order valence-electron chi connectivity index (χ1n) is 10.7. The average molecular weight is 389 g/mol. The number of nitrogens with zero attached hydrogens (tertiary/aromatic N) is 1. The molecule has 0 spiro atoms. The molecule has 0 bridgehead atoms. The molecule has 1 heterocycles. The van der Waals surface area contributed by atoms with Crippen LogP contribution >= 0.6 is 0 Å². The molecule has 1 N–H and O–H groups in total. The van der Waals surface area contributed by atoms with E-state index >= 15 is 0 Å². The summed E-state index contributed by atoms with van der Waals surface area (Å²) in [5.41, 5.74) is 2.07. The molecule has 5 heteroatoms. The number of anilines is 1. The first-order valence-corrected chi connectivity index (χ1v) is 10.7. The van der Waals surface area contributed by atoms with Crippen molar-refractivity contribution >= 4 is 17.5 Å². The molecule has 0 atom stereocenters. The topological polar surface area (TPSA) is 58.6 Å². The van der Waals surface area contributed by atoms with Gasteiger partial charge in [-0.3, -0.25) is 9.59 Å². The van der Waals surface area contributed by atoms with Gasteiger partial charge in [-0.05, 0) is 42.4 Å². The monoisotopic (exact) mass is 388 g/mol. The second-order valence-electron chi connectivity index (χ2n) is 8.27. The van der Waals surface area contributed by atoms with E-state index in [0.29, 0.717) is 19.4 Å². The number of hydrogen-bond acceptors (Lipinski definition) is 3. The van der Waals surface area contributed by atoms with Crippen LogP contribution < -0.4 is 15.0 Å². The highest BCUT2D eigenvalue weighted by molar-refractivity contribution is 5.98. The molecule has 1 aliphatic heterocycles. The van der Waals surface area contributed by atoms with Crippen molar-refractivity contribution in [2.75, 3.05) is 24.6 Å². The molecule has 1 aliphatic rings. The predicted molar refractivity (Wildman–Crippen MR) is 114 cm³/mol. The lowest BCUT2D eigenvalue weighted by atomic mass is 9.82. The van der Waals surface area contributed by atoms with Gasteiger partial charge in [0.1, 0.15) is 5.75 Å². The van der Waals surface area contributed by atoms with Gasteiger partial charge in [0.25, 0.3) is 5.91 Å². The standard InChI is InChI=1S/C23H36N2O3/c1-5-7-8-9-14-24-21(26)11-10-15-25-19-16-18(23(3,4)6-2)12-13-20(19)28-17-22(25)27/h12-13,16H,5-11,14-15,17H2,1-4H3,(H,24,26). The maximum absolute atomic E-state index is 12.4. The largest absolute Gasteiger partial charge is 0.482 e. The highest BCUT2D eigenvalue weighted by Crippen LogP contribution is 2.37. The summed E-state index contributed by atoms with van der Waals surface area (Å²) in [6.45, 7) is 10.1. The van der Waals surface area contributed by atoms with Crippen molar-refractivity contribution in [1.82, 2.24) is 5.32 Å². The van der Waals surface area contributed by atoms with Gasteiger partial charge in [-0.2, -0.15) is 0 Å². The minimum Gasteiger partial charge on any atom is -0.482 e. The maximum atomic E-state index is 12.4. The van der Waals surface area contributed by atoms with Crippen LogP contribution in [0.15, 0.2) is 18.2 Å². The molecule has 28 heavy (non-hydrogen) atoms. The van der Waals surface area contributed by atoms with Crippen LogP contribution in [-0.2, 0) is 15.0 Å². The quantitative estimate of drug-likeness (QED) is 0.565. The van der Waals surface area contributed by atoms with Gasteiger partial charge >= 0.3 is 0 Å². The number of nitrogens with one attached hydrogen (secondary N) is 1. The Labute approximate surface area is 169 Å². The Morgan fingerprint density at radius 2 is 1.96 bits per heavy atom. The van der Waals surface area contributed by atoms with Gasteiger partial charge < -0.3 is 15.0 Å². The first kappa shape index (κ1) is 22.3. The lowest BCUT2D eigenvalue weighted by Gasteiger charge is -2.32. The summed E-state index contributed by atoms with van der Waals surface area (Å²) in [6, 6.07) is 6.12. The second kappa shape index (κ2) is 10.5. The molecule has 1 aromatic carbocycles. The van der Waals surface area contributed by atoms with Crippen molar-refractivity contribution in [3.63, 3.8) is 0 Å². The molecule has 0 fully saturated rings. The van der Waals surface area contributed by atoms with Gasteiger partial charge in [0, 0.05) is 19.5 Å². The lowest BCUT2D eigenvalue weighted by molar-refractivity contribution is -0.122. The summed E-state index contributed by atoms with van der Waals surface area (Å²) < 4.78 is 5.61. The molecule has 2 amide bonds. The molecular weight excluding hydrogens is 352 g/mol. The minimum absolute atomic E-state index is 0.0405. The summed E-state index contributed by atoms with van der Waals surface area (Å²) in [6.07, 6.45) is 6.70. The van der Waals surface area contributed by atoms with Gasteiger partial charge in [-0.15, -0.1) is 0 Å². The molecule has 156 valence electrons. The van der Waals surface area contributed by atoms with E-state index in [1.165, 1.54) is 18.4 Å². The summed E-state index contributed by atoms with van der Waals surface area (Å²) >= 11 is 0. The van der Waals surface area contributed by atoms with Gasteiger partial charge in [-0.1, -0.05) is 53.0 Å². The SMILES string of the molecule is CCCCCCNC(=O)CCCN1C(=O)COc2ccc(C(C)(C)CC)cc21. The van der Waals surface area contributed by atoms with Crippen LogP contribution in [0.25, 0.3) is 0 Å². The highest BCUT2D eigenvalue weighted by atomic mass is 16.5. The Kier molecular flexibility index (Phi) is 8.34. The number of carbonyl (C=O) groups is 2. The molecule has 0 aliphatic carbocycles. The third-order valence-electron chi connectivity index (χ3n) is 5.71. The van der Waals surface area contributed by atoms with E-state index in [2.05, 4.69) is 45.1 Å². The molecule has 5 nitrogen and oxygen atoms in total. The van der Waals surface area contributed by atoms with E-state index < -0.39 is 0 Å². The minimum atomic E-state index is -0.0427. The maximum Gasteiger partial charge on any atom is 0.265 e. The number of unbranched alkanes of at least 4 members (excludes halogenated alkanes) is 3. The zero-order valence-electron chi connectivity index (χ0n) is 18.0. The van der Waals surface area contributed by atoms with Crippen molar-refractivity contribution in [2.24, 2.45) is 0 Å². The molecule has 1 aromatic rings. The van der Waals surface area contributed by atoms with Crippen LogP contribution in [0, 0.1) is 0 Å². The van der Waals surface area contributed by atoms with Crippen LogP contribution in [0.4, 0.5) is 5.69 Å². The third-order valence-corrected chi connectivity index (χ3v) is 5.71. The Bertz CT molecular complexity index is 670. The number of ether oxygens (including phenoxy) is 1. The summed E-state index contributed by atoms with van der Waals surface area (Å²) in [5.74, 6) is 0.771. The molecule has 2 rings (SSSR count). The van der Waals surface area contributed by atoms with Crippen molar-refractivity contribution in [1.29, 1.82) is 0 Å². The fourth-order valence-electron chi connectivity index (χ4n) is 3.34. The van der Waals surface area contributed by atoms with E-state index in [0.717, 1.165) is 37.2 Å².